The first kappa shape index (κ1) is 28.2. The van der Waals surface area contributed by atoms with Crippen molar-refractivity contribution in [1.29, 1.82) is 0 Å². The number of likely N-dealkylation sites (N-methyl/N-ethyl adjacent to an activating group) is 1. The molecule has 3 rings (SSSR count). The van der Waals surface area contributed by atoms with Crippen molar-refractivity contribution >= 4 is 24.2 Å². The number of ether oxygens (including phenoxy) is 2. The zero-order valence-corrected chi connectivity index (χ0v) is 21.9. The maximum atomic E-state index is 13.3. The summed E-state index contributed by atoms with van der Waals surface area (Å²) >= 11 is 0. The summed E-state index contributed by atoms with van der Waals surface area (Å²) < 4.78 is 11.7. The fraction of sp³-hybridized carbons (Fsp3) is 0.556. The Morgan fingerprint density at radius 3 is 2.70 bits per heavy atom. The van der Waals surface area contributed by atoms with Gasteiger partial charge in [-0.15, -0.1) is 0 Å². The van der Waals surface area contributed by atoms with Crippen LogP contribution in [0.4, 0.5) is 0 Å². The van der Waals surface area contributed by atoms with Gasteiger partial charge in [-0.2, -0.15) is 0 Å². The summed E-state index contributed by atoms with van der Waals surface area (Å²) in [5.41, 5.74) is 7.30. The maximum Gasteiger partial charge on any atom is 0.224 e. The standard InChI is InChI=1S/C27H38N6O4/c1-4-8-21(27(28)22-10-5-6-11-23(22)34)24(35)16-32-26(36-17-19-9-7-12-33(19)3)13-25(29-2)37-20-14-30-18-31-15-20/h13-15,18-19,22H,2,4-12,16-17,28H2,1,3H3/b25-13+,27-21-,32-26?/t19?,22-/m0/s1. The SMILES string of the molecule is C=N/C(=C\C(=NCC(=O)/C(CCC)=C(\N)[C@H]1CCCCC1=O)OCC1CCCN1C)Oc1cncnc1. The van der Waals surface area contributed by atoms with E-state index in [4.69, 9.17) is 15.2 Å². The number of rotatable bonds is 12. The van der Waals surface area contributed by atoms with Crippen molar-refractivity contribution in [1.82, 2.24) is 14.9 Å². The summed E-state index contributed by atoms with van der Waals surface area (Å²) in [6, 6.07) is 0.251. The molecule has 2 heterocycles. The highest BCUT2D eigenvalue weighted by atomic mass is 16.5. The largest absolute Gasteiger partial charge is 0.476 e. The van der Waals surface area contributed by atoms with Crippen LogP contribution in [0, 0.1) is 5.92 Å². The van der Waals surface area contributed by atoms with Gasteiger partial charge in [0.2, 0.25) is 11.8 Å². The number of aromatic nitrogens is 2. The maximum absolute atomic E-state index is 13.3. The first-order valence-electron chi connectivity index (χ1n) is 13.0. The summed E-state index contributed by atoms with van der Waals surface area (Å²) in [6.07, 6.45) is 12.3. The molecular formula is C27H38N6O4. The fourth-order valence-electron chi connectivity index (χ4n) is 4.64. The third-order valence-corrected chi connectivity index (χ3v) is 6.75. The number of allylic oxidation sites excluding steroid dienone is 1. The Morgan fingerprint density at radius 1 is 1.27 bits per heavy atom. The van der Waals surface area contributed by atoms with E-state index < -0.39 is 0 Å². The van der Waals surface area contributed by atoms with Crippen LogP contribution in [0.2, 0.25) is 0 Å². The molecular weight excluding hydrogens is 472 g/mol. The first-order valence-corrected chi connectivity index (χ1v) is 13.0. The lowest BCUT2D eigenvalue weighted by Crippen LogP contribution is -2.30. The Hall–Kier alpha value is -3.40. The van der Waals surface area contributed by atoms with Crippen LogP contribution < -0.4 is 10.5 Å². The zero-order chi connectivity index (χ0) is 26.6. The van der Waals surface area contributed by atoms with Crippen molar-refractivity contribution in [2.24, 2.45) is 21.6 Å². The number of Topliss-reactive ketones (excluding diaryl/α,β-unsaturated/α-hetero) is 2. The highest BCUT2D eigenvalue weighted by Crippen LogP contribution is 2.28. The second kappa shape index (κ2) is 14.4. The molecule has 0 amide bonds. The van der Waals surface area contributed by atoms with Crippen molar-refractivity contribution in [3.63, 3.8) is 0 Å². The zero-order valence-electron chi connectivity index (χ0n) is 21.9. The smallest absolute Gasteiger partial charge is 0.224 e. The van der Waals surface area contributed by atoms with E-state index in [1.807, 2.05) is 6.92 Å². The molecule has 2 atom stereocenters. The third-order valence-electron chi connectivity index (χ3n) is 6.75. The number of likely N-dealkylation sites (tertiary alicyclic amines) is 1. The molecule has 0 bridgehead atoms. The van der Waals surface area contributed by atoms with Crippen LogP contribution in [-0.2, 0) is 14.3 Å². The third kappa shape index (κ3) is 8.31. The van der Waals surface area contributed by atoms with Gasteiger partial charge < -0.3 is 20.1 Å². The van der Waals surface area contributed by atoms with Crippen LogP contribution in [0.25, 0.3) is 0 Å². The molecule has 1 saturated heterocycles. The Balaban J connectivity index is 1.82. The molecule has 2 aliphatic rings. The van der Waals surface area contributed by atoms with Crippen molar-refractivity contribution in [3.05, 3.63) is 42.0 Å². The topological polar surface area (TPSA) is 132 Å². The number of aliphatic imine (C=N–C) groups is 2. The summed E-state index contributed by atoms with van der Waals surface area (Å²) in [5, 5.41) is 0. The Labute approximate surface area is 218 Å². The minimum Gasteiger partial charge on any atom is -0.476 e. The quantitative estimate of drug-likeness (QED) is 0.196. The Kier molecular flexibility index (Phi) is 10.9. The molecule has 10 heteroatoms. The van der Waals surface area contributed by atoms with Gasteiger partial charge >= 0.3 is 0 Å². The number of hydrogen-bond acceptors (Lipinski definition) is 10. The van der Waals surface area contributed by atoms with Crippen LogP contribution in [0.1, 0.15) is 58.3 Å². The lowest BCUT2D eigenvalue weighted by molar-refractivity contribution is -0.123. The second-order valence-corrected chi connectivity index (χ2v) is 9.43. The molecule has 1 aliphatic heterocycles. The van der Waals surface area contributed by atoms with Gasteiger partial charge in [0.05, 0.1) is 24.4 Å². The van der Waals surface area contributed by atoms with Gasteiger partial charge in [0.25, 0.3) is 0 Å². The highest BCUT2D eigenvalue weighted by molar-refractivity contribution is 6.00. The lowest BCUT2D eigenvalue weighted by Gasteiger charge is -2.23. The summed E-state index contributed by atoms with van der Waals surface area (Å²) in [7, 11) is 2.06. The van der Waals surface area contributed by atoms with E-state index in [2.05, 4.69) is 38.6 Å². The average molecular weight is 511 g/mol. The Morgan fingerprint density at radius 2 is 2.05 bits per heavy atom. The van der Waals surface area contributed by atoms with Gasteiger partial charge in [-0.05, 0) is 52.4 Å². The molecule has 2 fully saturated rings. The van der Waals surface area contributed by atoms with Gasteiger partial charge in [-0.25, -0.2) is 20.0 Å². The van der Waals surface area contributed by atoms with E-state index in [9.17, 15) is 9.59 Å². The molecule has 10 nitrogen and oxygen atoms in total. The van der Waals surface area contributed by atoms with Gasteiger partial charge in [-0.3, -0.25) is 9.59 Å². The summed E-state index contributed by atoms with van der Waals surface area (Å²) in [5.74, 6) is 0.245. The molecule has 1 aromatic heterocycles. The highest BCUT2D eigenvalue weighted by Gasteiger charge is 2.28. The van der Waals surface area contributed by atoms with Gasteiger partial charge in [-0.1, -0.05) is 19.8 Å². The lowest BCUT2D eigenvalue weighted by atomic mass is 9.83. The van der Waals surface area contributed by atoms with E-state index in [1.54, 1.807) is 0 Å². The predicted molar refractivity (Wildman–Crippen MR) is 142 cm³/mol. The minimum absolute atomic E-state index is 0.116. The molecule has 1 saturated carbocycles. The number of nitrogens with two attached hydrogens (primary N) is 1. The number of ketones is 2. The molecule has 2 N–H and O–H groups in total. The van der Waals surface area contributed by atoms with Gasteiger partial charge in [0.1, 0.15) is 25.3 Å². The molecule has 0 aromatic carbocycles. The van der Waals surface area contributed by atoms with E-state index in [1.165, 1.54) is 24.8 Å². The number of carbonyl (C=O) groups is 2. The van der Waals surface area contributed by atoms with Crippen LogP contribution in [0.15, 0.2) is 51.9 Å². The monoisotopic (exact) mass is 510 g/mol. The van der Waals surface area contributed by atoms with Gasteiger partial charge in [0, 0.05) is 23.7 Å². The number of nitrogens with zero attached hydrogens (tertiary/aromatic N) is 5. The normalized spacial score (nSPS) is 21.9. The fourth-order valence-corrected chi connectivity index (χ4v) is 4.64. The average Bonchev–Trinajstić information content (AvgIpc) is 3.33. The van der Waals surface area contributed by atoms with E-state index in [0.717, 1.165) is 38.6 Å². The van der Waals surface area contributed by atoms with E-state index in [0.29, 0.717) is 42.9 Å². The van der Waals surface area contributed by atoms with E-state index >= 15 is 0 Å². The first-order chi connectivity index (χ1) is 17.9. The van der Waals surface area contributed by atoms with Crippen LogP contribution >= 0.6 is 0 Å². The summed E-state index contributed by atoms with van der Waals surface area (Å²) in [4.78, 5) is 44.2. The van der Waals surface area contributed by atoms with Crippen molar-refractivity contribution < 1.29 is 19.1 Å². The molecule has 0 radical (unpaired) electrons. The molecule has 37 heavy (non-hydrogen) atoms. The molecule has 200 valence electrons. The number of hydrogen-bond donors (Lipinski definition) is 1. The van der Waals surface area contributed by atoms with E-state index in [-0.39, 0.29) is 41.9 Å². The Bertz CT molecular complexity index is 1040. The van der Waals surface area contributed by atoms with Crippen molar-refractivity contribution in [2.75, 3.05) is 26.7 Å². The second-order valence-electron chi connectivity index (χ2n) is 9.43. The van der Waals surface area contributed by atoms with Crippen LogP contribution in [0.3, 0.4) is 0 Å². The van der Waals surface area contributed by atoms with Gasteiger partial charge in [0.15, 0.2) is 11.5 Å². The summed E-state index contributed by atoms with van der Waals surface area (Å²) in [6.45, 7) is 6.80. The predicted octanol–water partition coefficient (Wildman–Crippen LogP) is 3.25. The van der Waals surface area contributed by atoms with Crippen LogP contribution in [0.5, 0.6) is 5.75 Å². The number of carbonyl (C=O) groups excluding carboxylic acids is 2. The molecule has 1 aromatic rings. The molecule has 1 aliphatic carbocycles. The molecule has 1 unspecified atom stereocenters. The van der Waals surface area contributed by atoms with Crippen LogP contribution in [-0.4, -0.2) is 71.8 Å². The van der Waals surface area contributed by atoms with Crippen molar-refractivity contribution in [2.45, 2.75) is 64.3 Å². The van der Waals surface area contributed by atoms with Crippen molar-refractivity contribution in [3.8, 4) is 5.75 Å². The minimum atomic E-state index is -0.380. The molecule has 0 spiro atoms.